The molecule has 4 aliphatic heterocycles. The number of aromatic hydroxyl groups is 1. The van der Waals surface area contributed by atoms with Crippen molar-refractivity contribution in [2.24, 2.45) is 12.5 Å². The fraction of sp³-hybridized carbons (Fsp3) is 0.512. The highest BCUT2D eigenvalue weighted by molar-refractivity contribution is 6.18. The highest BCUT2D eigenvalue weighted by atomic mass is 19.1. The minimum atomic E-state index is -0.932. The number of fused-ring (bicyclic) bond motifs is 7. The van der Waals surface area contributed by atoms with Gasteiger partial charge < -0.3 is 19.5 Å². The minimum Gasteiger partial charge on any atom is -0.508 e. The van der Waals surface area contributed by atoms with Crippen LogP contribution in [-0.4, -0.2) is 110 Å². The maximum absolute atomic E-state index is 17.9. The monoisotopic (exact) mass is 763 g/mol. The first-order valence-corrected chi connectivity index (χ1v) is 19.9. The lowest BCUT2D eigenvalue weighted by atomic mass is 9.41. The van der Waals surface area contributed by atoms with E-state index in [2.05, 4.69) is 20.6 Å². The van der Waals surface area contributed by atoms with Crippen LogP contribution >= 0.6 is 0 Å². The normalized spacial score (nSPS) is 30.9. The molecule has 6 heterocycles. The van der Waals surface area contributed by atoms with E-state index < -0.39 is 23.3 Å². The van der Waals surface area contributed by atoms with Gasteiger partial charge in [0, 0.05) is 81.4 Å². The summed E-state index contributed by atoms with van der Waals surface area (Å²) in [7, 11) is 3.60. The first kappa shape index (κ1) is 34.6. The van der Waals surface area contributed by atoms with Crippen molar-refractivity contribution in [2.45, 2.75) is 80.8 Å². The molecule has 5 aromatic rings. The summed E-state index contributed by atoms with van der Waals surface area (Å²) in [5, 5.41) is 17.6. The third kappa shape index (κ3) is 4.91. The summed E-state index contributed by atoms with van der Waals surface area (Å²) >= 11 is 0. The summed E-state index contributed by atoms with van der Waals surface area (Å²) < 4.78 is 61.9. The molecule has 1 N–H and O–H groups in total. The number of methoxy groups -OCH3 is 1. The first-order valence-electron chi connectivity index (χ1n) is 19.9. The second-order valence-electron chi connectivity index (χ2n) is 17.7. The van der Waals surface area contributed by atoms with Crippen molar-refractivity contribution >= 4 is 38.4 Å². The number of phenolic OH excluding ortho intramolecular Hbond substituents is 1. The number of aryl methyl sites for hydroxylation is 1. The van der Waals surface area contributed by atoms with E-state index >= 15 is 8.78 Å². The summed E-state index contributed by atoms with van der Waals surface area (Å²) in [5.41, 5.74) is 0.533. The summed E-state index contributed by atoms with van der Waals surface area (Å²) in [5.74, 6) is 1.58. The molecule has 13 heteroatoms. The predicted octanol–water partition coefficient (Wildman–Crippen LogP) is 6.48. The smallest absolute Gasteiger partial charge is 0.319 e. The van der Waals surface area contributed by atoms with Crippen LogP contribution in [0.3, 0.4) is 0 Å². The number of alkyl halides is 1. The van der Waals surface area contributed by atoms with Crippen LogP contribution in [0.5, 0.6) is 11.8 Å². The Morgan fingerprint density at radius 2 is 1.82 bits per heavy atom. The van der Waals surface area contributed by atoms with Crippen LogP contribution in [0, 0.1) is 29.4 Å². The van der Waals surface area contributed by atoms with Crippen molar-refractivity contribution in [3.63, 3.8) is 0 Å². The number of hydrogen-bond acceptors (Lipinski definition) is 9. The molecule has 3 saturated carbocycles. The van der Waals surface area contributed by atoms with E-state index in [9.17, 15) is 9.50 Å². The summed E-state index contributed by atoms with van der Waals surface area (Å²) in [6, 6.07) is 5.96. The molecule has 290 valence electrons. The van der Waals surface area contributed by atoms with Crippen LogP contribution in [-0.2, 0) is 11.8 Å². The molecule has 0 unspecified atom stereocenters. The van der Waals surface area contributed by atoms with Crippen molar-refractivity contribution in [2.75, 3.05) is 51.3 Å². The number of halogens is 3. The number of likely N-dealkylation sites (tertiary alicyclic amines) is 1. The van der Waals surface area contributed by atoms with Crippen molar-refractivity contribution in [3.05, 3.63) is 47.7 Å². The number of nitrogens with zero attached hydrogens (tertiary/aromatic N) is 7. The Kier molecular flexibility index (Phi) is 7.38. The maximum Gasteiger partial charge on any atom is 0.319 e. The second kappa shape index (κ2) is 11.9. The fourth-order valence-corrected chi connectivity index (χ4v) is 12.0. The largest absolute Gasteiger partial charge is 0.508 e. The van der Waals surface area contributed by atoms with Crippen molar-refractivity contribution in [3.8, 4) is 35.2 Å². The number of benzene rings is 3. The molecule has 0 spiro atoms. The summed E-state index contributed by atoms with van der Waals surface area (Å²) in [4.78, 5) is 17.1. The highest BCUT2D eigenvalue weighted by Crippen LogP contribution is 2.69. The van der Waals surface area contributed by atoms with Gasteiger partial charge in [0.1, 0.15) is 41.2 Å². The van der Waals surface area contributed by atoms with Gasteiger partial charge in [-0.25, -0.2) is 13.2 Å². The van der Waals surface area contributed by atoms with Crippen molar-refractivity contribution in [1.29, 1.82) is 0 Å². The van der Waals surface area contributed by atoms with E-state index in [0.717, 1.165) is 71.1 Å². The Morgan fingerprint density at radius 3 is 2.57 bits per heavy atom. The number of rotatable bonds is 8. The van der Waals surface area contributed by atoms with Crippen LogP contribution in [0.1, 0.15) is 56.9 Å². The lowest BCUT2D eigenvalue weighted by Gasteiger charge is -2.70. The molecule has 0 amide bonds. The average molecular weight is 764 g/mol. The Balaban J connectivity index is 1.08. The number of phenols is 1. The second-order valence-corrected chi connectivity index (χ2v) is 17.7. The van der Waals surface area contributed by atoms with Crippen LogP contribution in [0.2, 0.25) is 0 Å². The number of piperazine rings is 1. The van der Waals surface area contributed by atoms with Gasteiger partial charge in [-0.15, -0.1) is 6.42 Å². The fourth-order valence-electron chi connectivity index (χ4n) is 12.0. The zero-order valence-electron chi connectivity index (χ0n) is 31.6. The highest BCUT2D eigenvalue weighted by Gasteiger charge is 2.68. The van der Waals surface area contributed by atoms with Gasteiger partial charge in [-0.05, 0) is 86.1 Å². The van der Waals surface area contributed by atoms with E-state index in [4.69, 9.17) is 31.0 Å². The zero-order valence-corrected chi connectivity index (χ0v) is 31.6. The van der Waals surface area contributed by atoms with E-state index in [-0.39, 0.29) is 63.6 Å². The predicted molar refractivity (Wildman–Crippen MR) is 207 cm³/mol. The molecule has 3 aromatic carbocycles. The minimum absolute atomic E-state index is 0.0285. The molecule has 2 aromatic heterocycles. The van der Waals surface area contributed by atoms with Gasteiger partial charge in [0.25, 0.3) is 0 Å². The van der Waals surface area contributed by atoms with Gasteiger partial charge in [-0.2, -0.15) is 15.1 Å². The molecule has 3 aliphatic carbocycles. The molecule has 56 heavy (non-hydrogen) atoms. The van der Waals surface area contributed by atoms with E-state index in [1.165, 1.54) is 24.3 Å². The Hall–Kier alpha value is -4.64. The Labute approximate surface area is 322 Å². The number of hydrogen-bond donors (Lipinski definition) is 1. The first-order chi connectivity index (χ1) is 27.0. The van der Waals surface area contributed by atoms with Crippen molar-refractivity contribution < 1.29 is 27.8 Å². The number of ether oxygens (including phenoxy) is 2. The Morgan fingerprint density at radius 1 is 1.04 bits per heavy atom. The third-order valence-electron chi connectivity index (χ3n) is 14.2. The van der Waals surface area contributed by atoms with Gasteiger partial charge in [0.05, 0.1) is 22.1 Å². The van der Waals surface area contributed by atoms with Gasteiger partial charge in [-0.1, -0.05) is 12.0 Å². The molecule has 4 bridgehead atoms. The molecule has 7 fully saturated rings. The number of terminal acetylenes is 1. The van der Waals surface area contributed by atoms with Gasteiger partial charge in [0.15, 0.2) is 5.82 Å². The molecule has 10 nitrogen and oxygen atoms in total. The summed E-state index contributed by atoms with van der Waals surface area (Å²) in [6.07, 6.45) is 14.2. The van der Waals surface area contributed by atoms with Crippen molar-refractivity contribution in [1.82, 2.24) is 29.5 Å². The zero-order chi connectivity index (χ0) is 38.3. The van der Waals surface area contributed by atoms with E-state index in [0.29, 0.717) is 45.9 Å². The molecule has 4 atom stereocenters. The van der Waals surface area contributed by atoms with Crippen LogP contribution in [0.15, 0.2) is 30.5 Å². The van der Waals surface area contributed by atoms with Crippen LogP contribution < -0.4 is 9.64 Å². The van der Waals surface area contributed by atoms with Gasteiger partial charge >= 0.3 is 6.01 Å². The SMILES string of the molecule is C#Cc1c(F)ccc2cc(O)cc(-c3c(F)c4nc(OC[C@@]56CCCN5C[C@H](F)C6)nc(N5[C@@H]6CC[C@H]5CN(CC57CC(OC)(C5)C7)C6)c4c4cn(C)nc34)c12. The van der Waals surface area contributed by atoms with Gasteiger partial charge in [-0.3, -0.25) is 14.5 Å². The maximum atomic E-state index is 17.9. The molecular formula is C43H44F3N7O3. The standard InChI is InChI=1S/C43H44F3N7O3/c1-4-29-32(45)9-6-24-12-28(54)13-30(33(24)29)34-36(46)38-35(31-18-50(2)49-37(31)34)39(48-40(47-38)56-23-42-10-5-11-52(42)15-25(44)14-42)53-26-7-8-27(53)17-51(16-26)22-41-19-43(20-41,21-41)55-3/h1,6,9,12-13,18,25-27,54H,5,7-8,10-11,14-17,19-23H2,2-3H3/t25-,26-,27+,41?,42+,43?/m1/s1. The van der Waals surface area contributed by atoms with E-state index in [1.807, 2.05) is 13.3 Å². The molecular weight excluding hydrogens is 720 g/mol. The van der Waals surface area contributed by atoms with Gasteiger partial charge in [0.2, 0.25) is 0 Å². The van der Waals surface area contributed by atoms with E-state index in [1.54, 1.807) is 11.7 Å². The van der Waals surface area contributed by atoms with Crippen LogP contribution in [0.25, 0.3) is 43.7 Å². The molecule has 4 saturated heterocycles. The lowest BCUT2D eigenvalue weighted by molar-refractivity contribution is -0.279. The Bertz CT molecular complexity index is 2500. The average Bonchev–Trinajstić information content (AvgIpc) is 3.87. The molecule has 7 aliphatic rings. The number of aromatic nitrogens is 4. The quantitative estimate of drug-likeness (QED) is 0.179. The van der Waals surface area contributed by atoms with Crippen LogP contribution in [0.4, 0.5) is 19.0 Å². The number of anilines is 1. The topological polar surface area (TPSA) is 92.0 Å². The molecule has 0 radical (unpaired) electrons. The summed E-state index contributed by atoms with van der Waals surface area (Å²) in [6.45, 7) is 4.16. The lowest BCUT2D eigenvalue weighted by Crippen LogP contribution is -2.72. The molecule has 12 rings (SSSR count). The third-order valence-corrected chi connectivity index (χ3v) is 14.2.